The highest BCUT2D eigenvalue weighted by atomic mass is 16.3. The third-order valence-electron chi connectivity index (χ3n) is 3.59. The lowest BCUT2D eigenvalue weighted by Crippen LogP contribution is -2.45. The maximum atomic E-state index is 12.4. The topological polar surface area (TPSA) is 76.5 Å². The molecule has 2 N–H and O–H groups in total. The van der Waals surface area contributed by atoms with Gasteiger partial charge in [-0.25, -0.2) is 0 Å². The van der Waals surface area contributed by atoms with Crippen LogP contribution in [0.4, 0.5) is 0 Å². The molecule has 0 unspecified atom stereocenters. The van der Waals surface area contributed by atoms with Crippen LogP contribution in [-0.4, -0.2) is 29.9 Å². The van der Waals surface area contributed by atoms with E-state index in [1.807, 2.05) is 0 Å². The molecule has 5 heteroatoms. The van der Waals surface area contributed by atoms with Gasteiger partial charge < -0.3 is 15.1 Å². The molecule has 0 spiro atoms. The number of carbonyl (C=O) groups excluding carboxylic acids is 1. The van der Waals surface area contributed by atoms with Crippen molar-refractivity contribution >= 4 is 16.9 Å². The monoisotopic (exact) mass is 272 g/mol. The van der Waals surface area contributed by atoms with Gasteiger partial charge in [0.2, 0.25) is 0 Å². The van der Waals surface area contributed by atoms with E-state index in [1.165, 1.54) is 6.07 Å². The quantitative estimate of drug-likeness (QED) is 0.850. The summed E-state index contributed by atoms with van der Waals surface area (Å²) < 4.78 is 5.56. The van der Waals surface area contributed by atoms with Gasteiger partial charge in [0.25, 0.3) is 5.91 Å². The molecule has 0 aliphatic carbocycles. The summed E-state index contributed by atoms with van der Waals surface area (Å²) in [6.45, 7) is 1.17. The predicted molar refractivity (Wildman–Crippen MR) is 75.6 cm³/mol. The molecule has 1 aliphatic heterocycles. The summed E-state index contributed by atoms with van der Waals surface area (Å²) in [5.41, 5.74) is 6.11. The number of hydrogen-bond acceptors (Lipinski definition) is 4. The van der Waals surface area contributed by atoms with Crippen LogP contribution in [0.25, 0.3) is 11.0 Å². The fourth-order valence-electron chi connectivity index (χ4n) is 2.56. The minimum Gasteiger partial charge on any atom is -0.451 e. The Bertz CT molecular complexity index is 708. The Morgan fingerprint density at radius 1 is 1.35 bits per heavy atom. The van der Waals surface area contributed by atoms with Crippen LogP contribution in [-0.2, 0) is 0 Å². The van der Waals surface area contributed by atoms with Gasteiger partial charge in [-0.2, -0.15) is 0 Å². The molecule has 3 rings (SSSR count). The van der Waals surface area contributed by atoms with E-state index in [2.05, 4.69) is 0 Å². The van der Waals surface area contributed by atoms with Gasteiger partial charge in [-0.15, -0.1) is 0 Å². The molecule has 0 bridgehead atoms. The van der Waals surface area contributed by atoms with Crippen molar-refractivity contribution in [1.29, 1.82) is 0 Å². The van der Waals surface area contributed by atoms with Gasteiger partial charge in [-0.05, 0) is 25.0 Å². The average molecular weight is 272 g/mol. The Balaban J connectivity index is 1.97. The molecule has 0 radical (unpaired) electrons. The molecule has 2 aromatic rings. The second-order valence-corrected chi connectivity index (χ2v) is 5.12. The number of amides is 1. The summed E-state index contributed by atoms with van der Waals surface area (Å²) in [5, 5.41) is 0.486. The molecular formula is C15H16N2O3. The summed E-state index contributed by atoms with van der Waals surface area (Å²) in [5.74, 6) is -0.175. The Labute approximate surface area is 116 Å². The standard InChI is InChI=1S/C15H16N2O3/c16-10-4-3-7-17(9-10)15(19)14-8-12(18)11-5-1-2-6-13(11)20-14/h1-2,5-6,8,10H,3-4,7,9,16H2/t10-/m1/s1. The predicted octanol–water partition coefficient (Wildman–Crippen LogP) is 1.36. The molecule has 20 heavy (non-hydrogen) atoms. The molecule has 1 amide bonds. The van der Waals surface area contributed by atoms with Crippen LogP contribution in [0.1, 0.15) is 23.4 Å². The maximum absolute atomic E-state index is 12.4. The minimum atomic E-state index is -0.261. The third kappa shape index (κ3) is 2.32. The number of fused-ring (bicyclic) bond motifs is 1. The van der Waals surface area contributed by atoms with Gasteiger partial charge in [0.05, 0.1) is 5.39 Å². The van der Waals surface area contributed by atoms with Crippen LogP contribution in [0.2, 0.25) is 0 Å². The fraction of sp³-hybridized carbons (Fsp3) is 0.333. The highest BCUT2D eigenvalue weighted by Gasteiger charge is 2.24. The normalized spacial score (nSPS) is 19.2. The molecule has 1 saturated heterocycles. The van der Waals surface area contributed by atoms with Gasteiger partial charge in [0.1, 0.15) is 5.58 Å². The Morgan fingerprint density at radius 2 is 2.15 bits per heavy atom. The van der Waals surface area contributed by atoms with Gasteiger partial charge in [-0.3, -0.25) is 9.59 Å². The molecule has 1 aromatic heterocycles. The largest absolute Gasteiger partial charge is 0.451 e. The number of nitrogens with two attached hydrogens (primary N) is 1. The van der Waals surface area contributed by atoms with Crippen molar-refractivity contribution in [2.24, 2.45) is 5.73 Å². The first-order valence-corrected chi connectivity index (χ1v) is 6.73. The number of likely N-dealkylation sites (tertiary alicyclic amines) is 1. The molecule has 1 aromatic carbocycles. The van der Waals surface area contributed by atoms with Gasteiger partial charge in [0, 0.05) is 25.2 Å². The molecule has 1 atom stereocenters. The van der Waals surface area contributed by atoms with Crippen LogP contribution < -0.4 is 11.2 Å². The minimum absolute atomic E-state index is 0.000113. The second-order valence-electron chi connectivity index (χ2n) is 5.12. The molecule has 5 nitrogen and oxygen atoms in total. The lowest BCUT2D eigenvalue weighted by Gasteiger charge is -2.30. The Morgan fingerprint density at radius 3 is 2.95 bits per heavy atom. The summed E-state index contributed by atoms with van der Waals surface area (Å²) in [6.07, 6.45) is 1.80. The van der Waals surface area contributed by atoms with E-state index in [1.54, 1.807) is 29.2 Å². The van der Waals surface area contributed by atoms with Crippen LogP contribution in [0.3, 0.4) is 0 Å². The van der Waals surface area contributed by atoms with E-state index >= 15 is 0 Å². The number of nitrogens with zero attached hydrogens (tertiary/aromatic N) is 1. The van der Waals surface area contributed by atoms with Crippen molar-refractivity contribution in [3.63, 3.8) is 0 Å². The first kappa shape index (κ1) is 12.9. The van der Waals surface area contributed by atoms with Crippen LogP contribution in [0.5, 0.6) is 0 Å². The first-order chi connectivity index (χ1) is 9.65. The van der Waals surface area contributed by atoms with E-state index in [9.17, 15) is 9.59 Å². The molecular weight excluding hydrogens is 256 g/mol. The summed E-state index contributed by atoms with van der Waals surface area (Å²) in [6, 6.07) is 8.19. The van der Waals surface area contributed by atoms with Crippen molar-refractivity contribution in [2.75, 3.05) is 13.1 Å². The molecule has 2 heterocycles. The maximum Gasteiger partial charge on any atom is 0.289 e. The van der Waals surface area contributed by atoms with E-state index in [0.717, 1.165) is 12.8 Å². The zero-order valence-electron chi connectivity index (χ0n) is 11.0. The highest BCUT2D eigenvalue weighted by Crippen LogP contribution is 2.16. The number of carbonyl (C=O) groups is 1. The van der Waals surface area contributed by atoms with E-state index in [-0.39, 0.29) is 23.1 Å². The number of para-hydroxylation sites is 1. The van der Waals surface area contributed by atoms with Crippen LogP contribution >= 0.6 is 0 Å². The Kier molecular flexibility index (Phi) is 3.28. The first-order valence-electron chi connectivity index (χ1n) is 6.73. The smallest absolute Gasteiger partial charge is 0.289 e. The molecule has 0 saturated carbocycles. The van der Waals surface area contributed by atoms with E-state index in [0.29, 0.717) is 24.1 Å². The number of hydrogen-bond donors (Lipinski definition) is 1. The highest BCUT2D eigenvalue weighted by molar-refractivity contribution is 5.93. The van der Waals surface area contributed by atoms with Gasteiger partial charge in [-0.1, -0.05) is 12.1 Å². The molecule has 1 fully saturated rings. The third-order valence-corrected chi connectivity index (χ3v) is 3.59. The van der Waals surface area contributed by atoms with Crippen LogP contribution in [0.15, 0.2) is 39.5 Å². The van der Waals surface area contributed by atoms with Crippen molar-refractivity contribution in [3.05, 3.63) is 46.3 Å². The van der Waals surface area contributed by atoms with E-state index < -0.39 is 0 Å². The molecule has 104 valence electrons. The van der Waals surface area contributed by atoms with Crippen LogP contribution in [0, 0.1) is 0 Å². The van der Waals surface area contributed by atoms with Crippen molar-refractivity contribution < 1.29 is 9.21 Å². The van der Waals surface area contributed by atoms with Gasteiger partial charge >= 0.3 is 0 Å². The summed E-state index contributed by atoms with van der Waals surface area (Å²) in [4.78, 5) is 26.0. The van der Waals surface area contributed by atoms with Gasteiger partial charge in [0.15, 0.2) is 11.2 Å². The zero-order chi connectivity index (χ0) is 14.1. The lowest BCUT2D eigenvalue weighted by atomic mass is 10.1. The fourth-order valence-corrected chi connectivity index (χ4v) is 2.56. The van der Waals surface area contributed by atoms with Crippen molar-refractivity contribution in [2.45, 2.75) is 18.9 Å². The van der Waals surface area contributed by atoms with E-state index in [4.69, 9.17) is 10.2 Å². The Hall–Kier alpha value is -2.14. The number of rotatable bonds is 1. The zero-order valence-corrected chi connectivity index (χ0v) is 11.0. The van der Waals surface area contributed by atoms with Crippen molar-refractivity contribution in [1.82, 2.24) is 4.90 Å². The van der Waals surface area contributed by atoms with Crippen molar-refractivity contribution in [3.8, 4) is 0 Å². The molecule has 1 aliphatic rings. The summed E-state index contributed by atoms with van der Waals surface area (Å²) >= 11 is 0. The number of piperidine rings is 1. The lowest BCUT2D eigenvalue weighted by molar-refractivity contribution is 0.0677. The average Bonchev–Trinajstić information content (AvgIpc) is 2.46. The second kappa shape index (κ2) is 5.09. The number of benzene rings is 1. The summed E-state index contributed by atoms with van der Waals surface area (Å²) in [7, 11) is 0. The SMILES string of the molecule is N[C@@H]1CCCN(C(=O)c2cc(=O)c3ccccc3o2)C1.